The second kappa shape index (κ2) is 3.82. The van der Waals surface area contributed by atoms with Gasteiger partial charge in [0, 0.05) is 11.5 Å². The Kier molecular flexibility index (Phi) is 2.50. The van der Waals surface area contributed by atoms with Crippen molar-refractivity contribution in [2.45, 2.75) is 16.9 Å². The van der Waals surface area contributed by atoms with Gasteiger partial charge in [-0.05, 0) is 23.8 Å². The van der Waals surface area contributed by atoms with E-state index < -0.39 is 0 Å². The van der Waals surface area contributed by atoms with E-state index in [0.29, 0.717) is 0 Å². The Hall–Kier alpha value is -0.0800. The summed E-state index contributed by atoms with van der Waals surface area (Å²) in [6.45, 7) is 0. The van der Waals surface area contributed by atoms with E-state index in [-0.39, 0.29) is 0 Å². The zero-order valence-electron chi connectivity index (χ0n) is 8.06. The molecule has 2 fully saturated rings. The maximum atomic E-state index is 2.29. The Morgan fingerprint density at radius 2 is 1.71 bits per heavy atom. The molecule has 1 saturated carbocycles. The van der Waals surface area contributed by atoms with Gasteiger partial charge in [0.15, 0.2) is 0 Å². The van der Waals surface area contributed by atoms with Crippen LogP contribution in [0.3, 0.4) is 0 Å². The molecular weight excluding hydrogens is 208 g/mol. The van der Waals surface area contributed by atoms with E-state index in [4.69, 9.17) is 0 Å². The maximum Gasteiger partial charge on any atom is 0.0537 e. The molecule has 3 rings (SSSR count). The van der Waals surface area contributed by atoms with Crippen molar-refractivity contribution in [2.75, 3.05) is 11.5 Å². The highest BCUT2D eigenvalue weighted by molar-refractivity contribution is 8.20. The fourth-order valence-electron chi connectivity index (χ4n) is 2.22. The van der Waals surface area contributed by atoms with Crippen LogP contribution in [-0.2, 0) is 0 Å². The molecule has 1 heterocycles. The zero-order valence-corrected chi connectivity index (χ0v) is 9.69. The number of rotatable bonds is 2. The van der Waals surface area contributed by atoms with Crippen LogP contribution in [0.5, 0.6) is 0 Å². The molecule has 74 valence electrons. The van der Waals surface area contributed by atoms with Crippen molar-refractivity contribution in [1.82, 2.24) is 0 Å². The molecule has 0 aromatic heterocycles. The smallest absolute Gasteiger partial charge is 0.0537 e. The first-order valence-electron chi connectivity index (χ1n) is 5.23. The quantitative estimate of drug-likeness (QED) is 0.750. The van der Waals surface area contributed by atoms with Crippen LogP contribution in [-0.4, -0.2) is 16.1 Å². The summed E-state index contributed by atoms with van der Waals surface area (Å²) in [5, 5.41) is 0. The van der Waals surface area contributed by atoms with Crippen LogP contribution in [0.25, 0.3) is 0 Å². The Labute approximate surface area is 93.9 Å². The zero-order chi connectivity index (χ0) is 9.38. The average Bonchev–Trinajstić information content (AvgIpc) is 2.87. The minimum atomic E-state index is 0.874. The van der Waals surface area contributed by atoms with Gasteiger partial charge in [0.1, 0.15) is 0 Å². The van der Waals surface area contributed by atoms with E-state index in [1.54, 1.807) is 5.56 Å². The van der Waals surface area contributed by atoms with Crippen molar-refractivity contribution in [2.24, 2.45) is 5.92 Å². The van der Waals surface area contributed by atoms with Crippen LogP contribution in [0, 0.1) is 5.92 Å². The summed E-state index contributed by atoms with van der Waals surface area (Å²) in [4.78, 5) is 0. The highest BCUT2D eigenvalue weighted by Gasteiger charge is 2.45. The molecule has 0 nitrogen and oxygen atoms in total. The SMILES string of the molecule is c1ccc([C@@H]2C[C@H]2C2SCCS2)cc1. The van der Waals surface area contributed by atoms with Crippen LogP contribution in [0.4, 0.5) is 0 Å². The molecule has 0 radical (unpaired) electrons. The first-order chi connectivity index (χ1) is 6.95. The predicted octanol–water partition coefficient (Wildman–Crippen LogP) is 3.60. The van der Waals surface area contributed by atoms with E-state index in [9.17, 15) is 0 Å². The summed E-state index contributed by atoms with van der Waals surface area (Å²) in [7, 11) is 0. The Morgan fingerprint density at radius 1 is 1.00 bits per heavy atom. The molecule has 0 amide bonds. The minimum absolute atomic E-state index is 0.874. The Balaban J connectivity index is 1.68. The van der Waals surface area contributed by atoms with Crippen LogP contribution in [0.15, 0.2) is 30.3 Å². The summed E-state index contributed by atoms with van der Waals surface area (Å²) >= 11 is 4.35. The van der Waals surface area contributed by atoms with Crippen molar-refractivity contribution in [3.05, 3.63) is 35.9 Å². The average molecular weight is 222 g/mol. The second-order valence-corrected chi connectivity index (χ2v) is 6.82. The van der Waals surface area contributed by atoms with Gasteiger partial charge in [-0.1, -0.05) is 30.3 Å². The van der Waals surface area contributed by atoms with E-state index in [1.165, 1.54) is 17.9 Å². The Morgan fingerprint density at radius 3 is 2.43 bits per heavy atom. The first-order valence-corrected chi connectivity index (χ1v) is 7.33. The van der Waals surface area contributed by atoms with Crippen molar-refractivity contribution in [1.29, 1.82) is 0 Å². The monoisotopic (exact) mass is 222 g/mol. The van der Waals surface area contributed by atoms with Crippen molar-refractivity contribution in [3.63, 3.8) is 0 Å². The summed E-state index contributed by atoms with van der Waals surface area (Å²) in [6, 6.07) is 11.0. The molecule has 2 aliphatic rings. The summed E-state index contributed by atoms with van der Waals surface area (Å²) in [6.07, 6.45) is 1.43. The van der Waals surface area contributed by atoms with Crippen molar-refractivity contribution < 1.29 is 0 Å². The van der Waals surface area contributed by atoms with Crippen LogP contribution in [0.2, 0.25) is 0 Å². The van der Waals surface area contributed by atoms with Gasteiger partial charge in [-0.2, -0.15) is 0 Å². The third-order valence-electron chi connectivity index (χ3n) is 3.06. The summed E-state index contributed by atoms with van der Waals surface area (Å²) in [5.41, 5.74) is 1.56. The number of hydrogen-bond donors (Lipinski definition) is 0. The van der Waals surface area contributed by atoms with Gasteiger partial charge in [-0.25, -0.2) is 0 Å². The molecule has 1 saturated heterocycles. The van der Waals surface area contributed by atoms with Gasteiger partial charge < -0.3 is 0 Å². The largest absolute Gasteiger partial charge is 0.146 e. The van der Waals surface area contributed by atoms with E-state index in [1.807, 2.05) is 0 Å². The van der Waals surface area contributed by atoms with Crippen LogP contribution in [0.1, 0.15) is 17.9 Å². The summed E-state index contributed by atoms with van der Waals surface area (Å²) < 4.78 is 0.903. The topological polar surface area (TPSA) is 0 Å². The maximum absolute atomic E-state index is 2.29. The van der Waals surface area contributed by atoms with Gasteiger partial charge in [0.2, 0.25) is 0 Å². The van der Waals surface area contributed by atoms with Gasteiger partial charge in [0.25, 0.3) is 0 Å². The molecular formula is C12H14S2. The molecule has 0 unspecified atom stereocenters. The molecule has 0 bridgehead atoms. The van der Waals surface area contributed by atoms with Crippen LogP contribution < -0.4 is 0 Å². The molecule has 1 aromatic carbocycles. The summed E-state index contributed by atoms with van der Waals surface area (Å²) in [5.74, 6) is 4.58. The molecule has 2 heteroatoms. The van der Waals surface area contributed by atoms with E-state index >= 15 is 0 Å². The lowest BCUT2D eigenvalue weighted by atomic mass is 10.1. The van der Waals surface area contributed by atoms with Crippen molar-refractivity contribution >= 4 is 23.5 Å². The van der Waals surface area contributed by atoms with Crippen LogP contribution >= 0.6 is 23.5 Å². The number of thioether (sulfide) groups is 2. The first kappa shape index (κ1) is 9.17. The van der Waals surface area contributed by atoms with Gasteiger partial charge in [-0.3, -0.25) is 0 Å². The third-order valence-corrected chi connectivity index (χ3v) is 6.38. The lowest BCUT2D eigenvalue weighted by Gasteiger charge is -2.06. The Bertz CT molecular complexity index is 303. The fraction of sp³-hybridized carbons (Fsp3) is 0.500. The normalized spacial score (nSPS) is 32.0. The van der Waals surface area contributed by atoms with E-state index in [0.717, 1.165) is 16.4 Å². The highest BCUT2D eigenvalue weighted by atomic mass is 32.2. The van der Waals surface area contributed by atoms with Gasteiger partial charge in [-0.15, -0.1) is 23.5 Å². The van der Waals surface area contributed by atoms with Gasteiger partial charge >= 0.3 is 0 Å². The number of benzene rings is 1. The highest BCUT2D eigenvalue weighted by Crippen LogP contribution is 2.57. The second-order valence-electron chi connectivity index (χ2n) is 4.03. The molecule has 0 spiro atoms. The predicted molar refractivity (Wildman–Crippen MR) is 66.0 cm³/mol. The molecule has 1 aromatic rings. The fourth-order valence-corrected chi connectivity index (χ4v) is 5.52. The lowest BCUT2D eigenvalue weighted by molar-refractivity contribution is 0.897. The minimum Gasteiger partial charge on any atom is -0.146 e. The van der Waals surface area contributed by atoms with Crippen molar-refractivity contribution in [3.8, 4) is 0 Å². The molecule has 1 aliphatic heterocycles. The van der Waals surface area contributed by atoms with Gasteiger partial charge in [0.05, 0.1) is 4.58 Å². The molecule has 14 heavy (non-hydrogen) atoms. The third kappa shape index (κ3) is 1.70. The number of hydrogen-bond acceptors (Lipinski definition) is 2. The lowest BCUT2D eigenvalue weighted by Crippen LogP contribution is -1.96. The molecule has 2 atom stereocenters. The molecule has 1 aliphatic carbocycles. The van der Waals surface area contributed by atoms with E-state index in [2.05, 4.69) is 53.9 Å². The standard InChI is InChI=1S/C12H14S2/c1-2-4-9(5-3-1)10-8-11(10)12-13-6-7-14-12/h1-5,10-12H,6-8H2/t10-,11+/m0/s1. The molecule has 0 N–H and O–H groups in total.